The van der Waals surface area contributed by atoms with Crippen LogP contribution in [-0.2, 0) is 6.54 Å². The summed E-state index contributed by atoms with van der Waals surface area (Å²) in [5, 5.41) is 0.588. The third kappa shape index (κ3) is 3.37. The monoisotopic (exact) mass is 298 g/mol. The van der Waals surface area contributed by atoms with E-state index in [0.29, 0.717) is 29.0 Å². The van der Waals surface area contributed by atoms with Crippen LogP contribution in [0.1, 0.15) is 19.4 Å². The molecule has 0 saturated carbocycles. The topological polar surface area (TPSA) is 47.7 Å². The Hall–Kier alpha value is -0.970. The molecule has 4 nitrogen and oxygen atoms in total. The van der Waals surface area contributed by atoms with Crippen LogP contribution in [0.25, 0.3) is 0 Å². The zero-order valence-corrected chi connectivity index (χ0v) is 13.1. The van der Waals surface area contributed by atoms with E-state index in [-0.39, 0.29) is 6.04 Å². The van der Waals surface area contributed by atoms with Crippen LogP contribution in [0.5, 0.6) is 11.5 Å². The van der Waals surface area contributed by atoms with E-state index in [1.807, 2.05) is 19.1 Å². The molecule has 0 spiro atoms. The maximum atomic E-state index is 6.26. The predicted molar refractivity (Wildman–Crippen MR) is 81.6 cm³/mol. The van der Waals surface area contributed by atoms with Crippen LogP contribution in [0.4, 0.5) is 0 Å². The second-order valence-corrected chi connectivity index (χ2v) is 5.78. The first-order chi connectivity index (χ1) is 9.55. The maximum Gasteiger partial charge on any atom is 0.179 e. The Labute approximate surface area is 125 Å². The Morgan fingerprint density at radius 2 is 2.15 bits per heavy atom. The predicted octanol–water partition coefficient (Wildman–Crippen LogP) is 2.53. The van der Waals surface area contributed by atoms with Crippen LogP contribution in [0, 0.1) is 5.92 Å². The fourth-order valence-corrected chi connectivity index (χ4v) is 2.97. The van der Waals surface area contributed by atoms with Crippen molar-refractivity contribution in [1.29, 1.82) is 0 Å². The number of benzene rings is 1. The number of halogens is 1. The first-order valence-electron chi connectivity index (χ1n) is 7.02. The fourth-order valence-electron chi connectivity index (χ4n) is 2.66. The molecule has 0 aliphatic carbocycles. The summed E-state index contributed by atoms with van der Waals surface area (Å²) in [6.45, 7) is 7.51. The van der Waals surface area contributed by atoms with Gasteiger partial charge in [-0.3, -0.25) is 4.90 Å². The van der Waals surface area contributed by atoms with Crippen LogP contribution in [-0.4, -0.2) is 37.7 Å². The third-order valence-electron chi connectivity index (χ3n) is 3.73. The summed E-state index contributed by atoms with van der Waals surface area (Å²) < 4.78 is 10.9. The average Bonchev–Trinajstić information content (AvgIpc) is 2.68. The molecule has 0 bridgehead atoms. The quantitative estimate of drug-likeness (QED) is 0.907. The van der Waals surface area contributed by atoms with Gasteiger partial charge in [0.15, 0.2) is 11.5 Å². The standard InChI is InChI=1S/C15H23ClN2O2/c1-4-20-14-6-11(5-12(16)15(14)19-3)8-18-7-10(2)13(17)9-18/h5-6,10,13H,4,7-9,17H2,1-3H3. The SMILES string of the molecule is CCOc1cc(CN2CC(C)C(N)C2)cc(Cl)c1OC. The zero-order chi connectivity index (χ0) is 14.7. The first kappa shape index (κ1) is 15.4. The summed E-state index contributed by atoms with van der Waals surface area (Å²) in [5.74, 6) is 1.84. The average molecular weight is 299 g/mol. The number of rotatable bonds is 5. The number of nitrogens with two attached hydrogens (primary N) is 1. The molecule has 2 unspecified atom stereocenters. The van der Waals surface area contributed by atoms with E-state index < -0.39 is 0 Å². The molecule has 2 N–H and O–H groups in total. The van der Waals surface area contributed by atoms with Crippen molar-refractivity contribution in [2.45, 2.75) is 26.4 Å². The summed E-state index contributed by atoms with van der Waals surface area (Å²) >= 11 is 6.26. The number of methoxy groups -OCH3 is 1. The van der Waals surface area contributed by atoms with E-state index in [4.69, 9.17) is 26.8 Å². The maximum absolute atomic E-state index is 6.26. The van der Waals surface area contributed by atoms with Crippen molar-refractivity contribution >= 4 is 11.6 Å². The summed E-state index contributed by atoms with van der Waals surface area (Å²) in [4.78, 5) is 2.35. The van der Waals surface area contributed by atoms with Crippen molar-refractivity contribution in [3.05, 3.63) is 22.7 Å². The highest BCUT2D eigenvalue weighted by atomic mass is 35.5. The Morgan fingerprint density at radius 3 is 2.70 bits per heavy atom. The van der Waals surface area contributed by atoms with Crippen molar-refractivity contribution in [3.63, 3.8) is 0 Å². The van der Waals surface area contributed by atoms with Crippen LogP contribution in [0.2, 0.25) is 5.02 Å². The normalized spacial score (nSPS) is 23.1. The van der Waals surface area contributed by atoms with Crippen molar-refractivity contribution < 1.29 is 9.47 Å². The van der Waals surface area contributed by atoms with Gasteiger partial charge >= 0.3 is 0 Å². The molecule has 0 amide bonds. The van der Waals surface area contributed by atoms with Gasteiger partial charge in [0.1, 0.15) is 0 Å². The Bertz CT molecular complexity index is 457. The summed E-state index contributed by atoms with van der Waals surface area (Å²) in [7, 11) is 1.60. The number of hydrogen-bond acceptors (Lipinski definition) is 4. The van der Waals surface area contributed by atoms with Crippen molar-refractivity contribution in [2.24, 2.45) is 11.7 Å². The second kappa shape index (κ2) is 6.66. The van der Waals surface area contributed by atoms with Crippen LogP contribution >= 0.6 is 11.6 Å². The number of likely N-dealkylation sites (tertiary alicyclic amines) is 1. The molecule has 2 atom stereocenters. The minimum atomic E-state index is 0.259. The van der Waals surface area contributed by atoms with Gasteiger partial charge in [-0.15, -0.1) is 0 Å². The van der Waals surface area contributed by atoms with E-state index in [9.17, 15) is 0 Å². The van der Waals surface area contributed by atoms with E-state index >= 15 is 0 Å². The molecule has 2 rings (SSSR count). The van der Waals surface area contributed by atoms with E-state index in [0.717, 1.165) is 25.2 Å². The van der Waals surface area contributed by atoms with Gasteiger partial charge in [-0.2, -0.15) is 0 Å². The van der Waals surface area contributed by atoms with Gasteiger partial charge in [-0.1, -0.05) is 18.5 Å². The summed E-state index contributed by atoms with van der Waals surface area (Å²) in [6.07, 6.45) is 0. The van der Waals surface area contributed by atoms with Crippen LogP contribution in [0.15, 0.2) is 12.1 Å². The summed E-state index contributed by atoms with van der Waals surface area (Å²) in [5.41, 5.74) is 7.19. The molecule has 1 aliphatic heterocycles. The Morgan fingerprint density at radius 1 is 1.40 bits per heavy atom. The van der Waals surface area contributed by atoms with E-state index in [1.54, 1.807) is 7.11 Å². The lowest BCUT2D eigenvalue weighted by Crippen LogP contribution is -2.28. The molecule has 1 aromatic carbocycles. The van der Waals surface area contributed by atoms with E-state index in [2.05, 4.69) is 11.8 Å². The van der Waals surface area contributed by atoms with Crippen LogP contribution < -0.4 is 15.2 Å². The smallest absolute Gasteiger partial charge is 0.179 e. The Kier molecular flexibility index (Phi) is 5.13. The van der Waals surface area contributed by atoms with Crippen molar-refractivity contribution in [2.75, 3.05) is 26.8 Å². The van der Waals surface area contributed by atoms with Gasteiger partial charge in [-0.05, 0) is 30.5 Å². The molecule has 1 aliphatic rings. The molecule has 1 fully saturated rings. The lowest BCUT2D eigenvalue weighted by atomic mass is 10.1. The Balaban J connectivity index is 2.16. The minimum Gasteiger partial charge on any atom is -0.491 e. The molecular formula is C15H23ClN2O2. The molecule has 1 saturated heterocycles. The first-order valence-corrected chi connectivity index (χ1v) is 7.40. The molecule has 5 heteroatoms. The molecule has 20 heavy (non-hydrogen) atoms. The molecule has 0 radical (unpaired) electrons. The minimum absolute atomic E-state index is 0.259. The molecular weight excluding hydrogens is 276 g/mol. The molecule has 112 valence electrons. The number of hydrogen-bond donors (Lipinski definition) is 1. The molecule has 1 heterocycles. The lowest BCUT2D eigenvalue weighted by Gasteiger charge is -2.18. The van der Waals surface area contributed by atoms with Crippen molar-refractivity contribution in [3.8, 4) is 11.5 Å². The van der Waals surface area contributed by atoms with Gasteiger partial charge in [0.2, 0.25) is 0 Å². The highest BCUT2D eigenvalue weighted by Gasteiger charge is 2.26. The number of ether oxygens (including phenoxy) is 2. The molecule has 1 aromatic rings. The number of nitrogens with zero attached hydrogens (tertiary/aromatic N) is 1. The van der Waals surface area contributed by atoms with E-state index in [1.165, 1.54) is 0 Å². The zero-order valence-electron chi connectivity index (χ0n) is 12.4. The summed E-state index contributed by atoms with van der Waals surface area (Å²) in [6, 6.07) is 4.20. The highest BCUT2D eigenvalue weighted by molar-refractivity contribution is 6.32. The fraction of sp³-hybridized carbons (Fsp3) is 0.600. The lowest BCUT2D eigenvalue weighted by molar-refractivity contribution is 0.304. The van der Waals surface area contributed by atoms with Crippen molar-refractivity contribution in [1.82, 2.24) is 4.90 Å². The van der Waals surface area contributed by atoms with Gasteiger partial charge in [-0.25, -0.2) is 0 Å². The van der Waals surface area contributed by atoms with Crippen LogP contribution in [0.3, 0.4) is 0 Å². The second-order valence-electron chi connectivity index (χ2n) is 5.38. The van der Waals surface area contributed by atoms with Gasteiger partial charge in [0.05, 0.1) is 18.7 Å². The third-order valence-corrected chi connectivity index (χ3v) is 4.01. The van der Waals surface area contributed by atoms with Gasteiger partial charge in [0.25, 0.3) is 0 Å². The van der Waals surface area contributed by atoms with Gasteiger partial charge < -0.3 is 15.2 Å². The largest absolute Gasteiger partial charge is 0.491 e. The molecule has 0 aromatic heterocycles. The highest BCUT2D eigenvalue weighted by Crippen LogP contribution is 2.36. The van der Waals surface area contributed by atoms with Gasteiger partial charge in [0, 0.05) is 25.7 Å².